The maximum atomic E-state index is 9.12. The van der Waals surface area contributed by atoms with Crippen molar-refractivity contribution in [1.82, 2.24) is 0 Å². The SMILES string of the molecule is [CH2]CC[Si](C)(C)O. The Morgan fingerprint density at radius 3 is 2.00 bits per heavy atom. The van der Waals surface area contributed by atoms with Crippen molar-refractivity contribution in [3.05, 3.63) is 6.92 Å². The van der Waals surface area contributed by atoms with Gasteiger partial charge in [0.1, 0.15) is 0 Å². The Bertz CT molecular complexity index is 46.5. The molecule has 0 atom stereocenters. The van der Waals surface area contributed by atoms with Gasteiger partial charge in [-0.15, -0.1) is 0 Å². The van der Waals surface area contributed by atoms with Gasteiger partial charge in [-0.1, -0.05) is 13.3 Å². The highest BCUT2D eigenvalue weighted by Crippen LogP contribution is 2.05. The summed E-state index contributed by atoms with van der Waals surface area (Å²) in [6, 6.07) is 0.924. The molecule has 0 bridgehead atoms. The molecule has 1 radical (unpaired) electrons. The predicted octanol–water partition coefficient (Wildman–Crippen LogP) is 1.41. The van der Waals surface area contributed by atoms with Crippen LogP contribution < -0.4 is 0 Å². The zero-order valence-electron chi connectivity index (χ0n) is 5.07. The first kappa shape index (κ1) is 7.18. The monoisotopic (exact) mass is 117 g/mol. The predicted molar refractivity (Wildman–Crippen MR) is 34.5 cm³/mol. The zero-order chi connectivity index (χ0) is 5.91. The molecule has 0 saturated carbocycles. The second kappa shape index (κ2) is 2.48. The molecule has 0 fully saturated rings. The van der Waals surface area contributed by atoms with E-state index in [1.165, 1.54) is 0 Å². The lowest BCUT2D eigenvalue weighted by atomic mass is 10.6. The molecule has 1 N–H and O–H groups in total. The summed E-state index contributed by atoms with van der Waals surface area (Å²) in [5.74, 6) is 0. The average molecular weight is 117 g/mol. The van der Waals surface area contributed by atoms with Crippen LogP contribution in [0, 0.1) is 6.92 Å². The Balaban J connectivity index is 3.15. The van der Waals surface area contributed by atoms with Crippen LogP contribution in [-0.2, 0) is 0 Å². The largest absolute Gasteiger partial charge is 0.432 e. The van der Waals surface area contributed by atoms with E-state index in [0.717, 1.165) is 12.5 Å². The maximum absolute atomic E-state index is 9.12. The minimum Gasteiger partial charge on any atom is -0.432 e. The molecule has 0 rings (SSSR count). The molecule has 0 unspecified atom stereocenters. The maximum Gasteiger partial charge on any atom is 0.182 e. The van der Waals surface area contributed by atoms with Gasteiger partial charge in [0.15, 0.2) is 8.32 Å². The molecule has 0 spiro atoms. The lowest BCUT2D eigenvalue weighted by Crippen LogP contribution is -2.23. The van der Waals surface area contributed by atoms with Crippen molar-refractivity contribution in [3.8, 4) is 0 Å². The van der Waals surface area contributed by atoms with Crippen molar-refractivity contribution in [2.45, 2.75) is 25.6 Å². The summed E-state index contributed by atoms with van der Waals surface area (Å²) < 4.78 is 0. The van der Waals surface area contributed by atoms with E-state index in [0.29, 0.717) is 0 Å². The van der Waals surface area contributed by atoms with Crippen molar-refractivity contribution in [1.29, 1.82) is 0 Å². The van der Waals surface area contributed by atoms with Crippen LogP contribution in [0.5, 0.6) is 0 Å². The molecule has 0 aromatic rings. The molecule has 0 aliphatic heterocycles. The van der Waals surface area contributed by atoms with Gasteiger partial charge in [-0.2, -0.15) is 0 Å². The summed E-state index contributed by atoms with van der Waals surface area (Å²) in [6.07, 6.45) is 0.871. The third-order valence-electron chi connectivity index (χ3n) is 0.789. The lowest BCUT2D eigenvalue weighted by molar-refractivity contribution is 0.548. The van der Waals surface area contributed by atoms with Gasteiger partial charge in [0.2, 0.25) is 0 Å². The van der Waals surface area contributed by atoms with Gasteiger partial charge in [-0.05, 0) is 19.1 Å². The normalized spacial score (nSPS) is 12.0. The Morgan fingerprint density at radius 1 is 1.57 bits per heavy atom. The zero-order valence-corrected chi connectivity index (χ0v) is 6.07. The molecule has 7 heavy (non-hydrogen) atoms. The first-order valence-corrected chi connectivity index (χ1v) is 5.73. The second-order valence-corrected chi connectivity index (χ2v) is 6.54. The Kier molecular flexibility index (Phi) is 2.54. The van der Waals surface area contributed by atoms with Gasteiger partial charge < -0.3 is 4.80 Å². The molecule has 1 nitrogen and oxygen atoms in total. The van der Waals surface area contributed by atoms with Gasteiger partial charge in [0.25, 0.3) is 0 Å². The van der Waals surface area contributed by atoms with Crippen molar-refractivity contribution < 1.29 is 4.80 Å². The summed E-state index contributed by atoms with van der Waals surface area (Å²) in [7, 11) is -1.72. The highest BCUT2D eigenvalue weighted by atomic mass is 28.4. The van der Waals surface area contributed by atoms with E-state index in [1.54, 1.807) is 0 Å². The van der Waals surface area contributed by atoms with Crippen LogP contribution in [0.3, 0.4) is 0 Å². The molecule has 0 aliphatic carbocycles. The summed E-state index contributed by atoms with van der Waals surface area (Å²) in [6.45, 7) is 7.50. The van der Waals surface area contributed by atoms with Crippen LogP contribution in [-0.4, -0.2) is 13.1 Å². The summed E-state index contributed by atoms with van der Waals surface area (Å²) in [5, 5.41) is 0. The summed E-state index contributed by atoms with van der Waals surface area (Å²) >= 11 is 0. The summed E-state index contributed by atoms with van der Waals surface area (Å²) in [5.41, 5.74) is 0. The molecule has 43 valence electrons. The second-order valence-electron chi connectivity index (χ2n) is 2.42. The van der Waals surface area contributed by atoms with Crippen LogP contribution in [0.4, 0.5) is 0 Å². The van der Waals surface area contributed by atoms with Gasteiger partial charge >= 0.3 is 0 Å². The fourth-order valence-corrected chi connectivity index (χ4v) is 1.30. The van der Waals surface area contributed by atoms with E-state index in [4.69, 9.17) is 4.80 Å². The molecule has 0 aromatic carbocycles. The molecular weight excluding hydrogens is 104 g/mol. The first-order valence-electron chi connectivity index (χ1n) is 2.58. The van der Waals surface area contributed by atoms with Crippen LogP contribution >= 0.6 is 0 Å². The van der Waals surface area contributed by atoms with Gasteiger partial charge in [0, 0.05) is 0 Å². The van der Waals surface area contributed by atoms with E-state index in [2.05, 4.69) is 6.92 Å². The standard InChI is InChI=1S/C5H13OSi/c1-4-5-7(2,3)6/h6H,1,4-5H2,2-3H3. The van der Waals surface area contributed by atoms with Gasteiger partial charge in [-0.3, -0.25) is 0 Å². The first-order chi connectivity index (χ1) is 3.06. The quantitative estimate of drug-likeness (QED) is 0.542. The molecule has 0 amide bonds. The van der Waals surface area contributed by atoms with Crippen molar-refractivity contribution in [3.63, 3.8) is 0 Å². The number of hydrogen-bond donors (Lipinski definition) is 1. The molecule has 0 heterocycles. The highest BCUT2D eigenvalue weighted by molar-refractivity contribution is 6.69. The van der Waals surface area contributed by atoms with E-state index in [1.807, 2.05) is 13.1 Å². The fraction of sp³-hybridized carbons (Fsp3) is 0.800. The van der Waals surface area contributed by atoms with E-state index < -0.39 is 8.32 Å². The third-order valence-corrected chi connectivity index (χ3v) is 2.37. The van der Waals surface area contributed by atoms with E-state index in [9.17, 15) is 0 Å². The molecule has 0 aliphatic rings. The van der Waals surface area contributed by atoms with E-state index >= 15 is 0 Å². The molecular formula is C5H13OSi. The topological polar surface area (TPSA) is 20.2 Å². The van der Waals surface area contributed by atoms with Crippen LogP contribution in [0.1, 0.15) is 6.42 Å². The van der Waals surface area contributed by atoms with Crippen LogP contribution in [0.25, 0.3) is 0 Å². The third kappa shape index (κ3) is 6.18. The van der Waals surface area contributed by atoms with Crippen molar-refractivity contribution in [2.24, 2.45) is 0 Å². The Morgan fingerprint density at radius 2 is 2.00 bits per heavy atom. The average Bonchev–Trinajstić information content (AvgIpc) is 1.30. The Hall–Kier alpha value is 0.177. The van der Waals surface area contributed by atoms with Crippen LogP contribution in [0.2, 0.25) is 19.1 Å². The van der Waals surface area contributed by atoms with Gasteiger partial charge in [0.05, 0.1) is 0 Å². The fourth-order valence-electron chi connectivity index (χ4n) is 0.433. The molecule has 0 saturated heterocycles. The smallest absolute Gasteiger partial charge is 0.182 e. The number of hydrogen-bond acceptors (Lipinski definition) is 1. The Labute approximate surface area is 46.5 Å². The molecule has 0 aromatic heterocycles. The van der Waals surface area contributed by atoms with Crippen molar-refractivity contribution in [2.75, 3.05) is 0 Å². The van der Waals surface area contributed by atoms with E-state index in [-0.39, 0.29) is 0 Å². The van der Waals surface area contributed by atoms with Crippen LogP contribution in [0.15, 0.2) is 0 Å². The number of rotatable bonds is 2. The summed E-state index contributed by atoms with van der Waals surface area (Å²) in [4.78, 5) is 9.12. The molecule has 2 heteroatoms. The lowest BCUT2D eigenvalue weighted by Gasteiger charge is -2.10. The highest BCUT2D eigenvalue weighted by Gasteiger charge is 2.13. The minimum atomic E-state index is -1.72. The minimum absolute atomic E-state index is 0.871. The van der Waals surface area contributed by atoms with Crippen molar-refractivity contribution >= 4 is 8.32 Å². The van der Waals surface area contributed by atoms with Gasteiger partial charge in [-0.25, -0.2) is 0 Å².